The summed E-state index contributed by atoms with van der Waals surface area (Å²) in [5.41, 5.74) is 0.456. The van der Waals surface area contributed by atoms with Crippen LogP contribution in [-0.4, -0.2) is 35.5 Å². The van der Waals surface area contributed by atoms with E-state index >= 15 is 0 Å². The lowest BCUT2D eigenvalue weighted by Gasteiger charge is -2.22. The molecule has 0 aromatic heterocycles. The third-order valence-corrected chi connectivity index (χ3v) is 4.57. The predicted molar refractivity (Wildman–Crippen MR) is 107 cm³/mol. The van der Waals surface area contributed by atoms with Gasteiger partial charge in [-0.2, -0.15) is 0 Å². The van der Waals surface area contributed by atoms with Crippen molar-refractivity contribution >= 4 is 17.8 Å². The van der Waals surface area contributed by atoms with Gasteiger partial charge in [0.2, 0.25) is 5.91 Å². The summed E-state index contributed by atoms with van der Waals surface area (Å²) in [6.07, 6.45) is 0.631. The van der Waals surface area contributed by atoms with Gasteiger partial charge in [-0.15, -0.1) is 0 Å². The first-order chi connectivity index (χ1) is 13.3. The first kappa shape index (κ1) is 21.2. The lowest BCUT2D eigenvalue weighted by molar-refractivity contribution is -0.147. The number of hydrogen-bond donors (Lipinski definition) is 3. The molecule has 1 atom stereocenters. The monoisotopic (exact) mass is 382 g/mol. The van der Waals surface area contributed by atoms with E-state index in [1.807, 2.05) is 36.4 Å². The zero-order valence-corrected chi connectivity index (χ0v) is 16.1. The molecule has 2 aromatic carbocycles. The Balaban J connectivity index is 2.05. The lowest BCUT2D eigenvalue weighted by Crippen LogP contribution is -2.48. The van der Waals surface area contributed by atoms with E-state index < -0.39 is 17.4 Å². The van der Waals surface area contributed by atoms with Crippen LogP contribution < -0.4 is 10.6 Å². The van der Waals surface area contributed by atoms with Crippen LogP contribution >= 0.6 is 0 Å². The van der Waals surface area contributed by atoms with Crippen LogP contribution in [0.4, 0.5) is 0 Å². The minimum Gasteiger partial charge on any atom is -0.481 e. The quantitative estimate of drug-likeness (QED) is 0.621. The van der Waals surface area contributed by atoms with Crippen molar-refractivity contribution in [3.8, 4) is 0 Å². The summed E-state index contributed by atoms with van der Waals surface area (Å²) in [6, 6.07) is 17.4. The van der Waals surface area contributed by atoms with Crippen molar-refractivity contribution in [3.63, 3.8) is 0 Å². The molecule has 3 N–H and O–H groups in total. The number of benzene rings is 2. The van der Waals surface area contributed by atoms with Gasteiger partial charge in [-0.05, 0) is 38.0 Å². The number of rotatable bonds is 9. The lowest BCUT2D eigenvalue weighted by atomic mass is 9.89. The zero-order chi connectivity index (χ0) is 20.6. The highest BCUT2D eigenvalue weighted by Gasteiger charge is 2.28. The second kappa shape index (κ2) is 9.69. The van der Waals surface area contributed by atoms with Gasteiger partial charge in [0.1, 0.15) is 6.04 Å². The molecule has 28 heavy (non-hydrogen) atoms. The van der Waals surface area contributed by atoms with Crippen molar-refractivity contribution in [2.75, 3.05) is 6.54 Å². The summed E-state index contributed by atoms with van der Waals surface area (Å²) >= 11 is 0. The predicted octanol–water partition coefficient (Wildman–Crippen LogP) is 2.64. The van der Waals surface area contributed by atoms with Crippen LogP contribution in [0.1, 0.15) is 36.2 Å². The Kier molecular flexibility index (Phi) is 7.32. The minimum atomic E-state index is -0.935. The molecular formula is C22H26N2O4. The van der Waals surface area contributed by atoms with Gasteiger partial charge in [0.05, 0.1) is 5.41 Å². The summed E-state index contributed by atoms with van der Waals surface area (Å²) in [6.45, 7) is 3.44. The Hall–Kier alpha value is -3.15. The van der Waals surface area contributed by atoms with E-state index in [1.54, 1.807) is 38.1 Å². The van der Waals surface area contributed by atoms with Crippen LogP contribution in [0.15, 0.2) is 60.7 Å². The minimum absolute atomic E-state index is 0.213. The Labute approximate surface area is 165 Å². The maximum Gasteiger partial charge on any atom is 0.309 e. The summed E-state index contributed by atoms with van der Waals surface area (Å²) in [4.78, 5) is 36.4. The van der Waals surface area contributed by atoms with Gasteiger partial charge in [0.25, 0.3) is 5.91 Å². The highest BCUT2D eigenvalue weighted by molar-refractivity contribution is 5.97. The van der Waals surface area contributed by atoms with Gasteiger partial charge in [0.15, 0.2) is 0 Å². The molecule has 6 nitrogen and oxygen atoms in total. The molecule has 0 saturated heterocycles. The van der Waals surface area contributed by atoms with Crippen LogP contribution in [0.3, 0.4) is 0 Å². The van der Waals surface area contributed by atoms with E-state index in [1.165, 1.54) is 0 Å². The molecule has 0 aliphatic carbocycles. The van der Waals surface area contributed by atoms with Gasteiger partial charge >= 0.3 is 5.97 Å². The van der Waals surface area contributed by atoms with Gasteiger partial charge in [0, 0.05) is 18.5 Å². The fourth-order valence-electron chi connectivity index (χ4n) is 2.62. The van der Waals surface area contributed by atoms with E-state index in [0.717, 1.165) is 5.56 Å². The van der Waals surface area contributed by atoms with E-state index in [-0.39, 0.29) is 18.4 Å². The molecule has 0 aliphatic heterocycles. The van der Waals surface area contributed by atoms with Crippen LogP contribution in [0, 0.1) is 5.41 Å². The van der Waals surface area contributed by atoms with E-state index in [4.69, 9.17) is 0 Å². The van der Waals surface area contributed by atoms with Gasteiger partial charge in [-0.25, -0.2) is 0 Å². The van der Waals surface area contributed by atoms with Crippen molar-refractivity contribution in [3.05, 3.63) is 71.8 Å². The van der Waals surface area contributed by atoms with Crippen LogP contribution in [-0.2, 0) is 16.0 Å². The van der Waals surface area contributed by atoms with Gasteiger partial charge in [-0.3, -0.25) is 14.4 Å². The highest BCUT2D eigenvalue weighted by atomic mass is 16.4. The van der Waals surface area contributed by atoms with E-state index in [9.17, 15) is 19.5 Å². The Bertz CT molecular complexity index is 804. The van der Waals surface area contributed by atoms with E-state index in [2.05, 4.69) is 10.6 Å². The molecule has 0 heterocycles. The molecule has 0 aliphatic rings. The first-order valence-corrected chi connectivity index (χ1v) is 9.20. The Morgan fingerprint density at radius 1 is 0.964 bits per heavy atom. The first-order valence-electron chi connectivity index (χ1n) is 9.20. The molecule has 2 aromatic rings. The van der Waals surface area contributed by atoms with Crippen LogP contribution in [0.25, 0.3) is 0 Å². The largest absolute Gasteiger partial charge is 0.481 e. The molecule has 0 bridgehead atoms. The molecule has 2 amide bonds. The third kappa shape index (κ3) is 6.23. The highest BCUT2D eigenvalue weighted by Crippen LogP contribution is 2.19. The average Bonchev–Trinajstić information content (AvgIpc) is 2.68. The zero-order valence-electron chi connectivity index (χ0n) is 16.1. The Morgan fingerprint density at radius 3 is 2.11 bits per heavy atom. The summed E-state index contributed by atoms with van der Waals surface area (Å²) in [5, 5.41) is 14.7. The maximum absolute atomic E-state index is 12.7. The van der Waals surface area contributed by atoms with Crippen LogP contribution in [0.2, 0.25) is 0 Å². The molecular weight excluding hydrogens is 356 g/mol. The maximum atomic E-state index is 12.7. The average molecular weight is 382 g/mol. The van der Waals surface area contributed by atoms with Gasteiger partial charge in [-0.1, -0.05) is 48.5 Å². The number of carboxylic acid groups (broad SMARTS) is 1. The summed E-state index contributed by atoms with van der Waals surface area (Å²) < 4.78 is 0. The number of carbonyl (C=O) groups is 3. The second-order valence-corrected chi connectivity index (χ2v) is 7.31. The molecule has 2 rings (SSSR count). The summed E-state index contributed by atoms with van der Waals surface area (Å²) in [5.74, 6) is -1.59. The van der Waals surface area contributed by atoms with Crippen molar-refractivity contribution in [2.24, 2.45) is 5.41 Å². The topological polar surface area (TPSA) is 95.5 Å². The number of amides is 2. The number of carboxylic acids is 1. The molecule has 0 fully saturated rings. The Morgan fingerprint density at radius 2 is 1.54 bits per heavy atom. The van der Waals surface area contributed by atoms with Crippen LogP contribution in [0.5, 0.6) is 0 Å². The van der Waals surface area contributed by atoms with E-state index in [0.29, 0.717) is 18.4 Å². The number of carbonyl (C=O) groups excluding carboxylic acids is 2. The molecule has 0 saturated carbocycles. The molecule has 0 radical (unpaired) electrons. The molecule has 1 unspecified atom stereocenters. The summed E-state index contributed by atoms with van der Waals surface area (Å²) in [7, 11) is 0. The normalized spacial score (nSPS) is 12.1. The SMILES string of the molecule is CC(C)(CCNC(=O)C(Cc1ccccc1)NC(=O)c1ccccc1)C(=O)O. The molecule has 6 heteroatoms. The number of nitrogens with one attached hydrogen (secondary N) is 2. The van der Waals surface area contributed by atoms with Crippen molar-refractivity contribution in [2.45, 2.75) is 32.7 Å². The standard InChI is InChI=1S/C22H26N2O4/c1-22(2,21(27)28)13-14-23-20(26)18(15-16-9-5-3-6-10-16)24-19(25)17-11-7-4-8-12-17/h3-12,18H,13-15H2,1-2H3,(H,23,26)(H,24,25)(H,27,28). The fourth-order valence-corrected chi connectivity index (χ4v) is 2.62. The molecule has 148 valence electrons. The third-order valence-electron chi connectivity index (χ3n) is 4.57. The van der Waals surface area contributed by atoms with Gasteiger partial charge < -0.3 is 15.7 Å². The van der Waals surface area contributed by atoms with Crippen molar-refractivity contribution in [1.82, 2.24) is 10.6 Å². The molecule has 0 spiro atoms. The second-order valence-electron chi connectivity index (χ2n) is 7.31. The van der Waals surface area contributed by atoms with Crippen molar-refractivity contribution in [1.29, 1.82) is 0 Å². The fraction of sp³-hybridized carbons (Fsp3) is 0.318. The smallest absolute Gasteiger partial charge is 0.309 e. The van der Waals surface area contributed by atoms with Crippen molar-refractivity contribution < 1.29 is 19.5 Å². The number of aliphatic carboxylic acids is 1. The number of hydrogen-bond acceptors (Lipinski definition) is 3.